The first kappa shape index (κ1) is 92.5. The first-order valence-electron chi connectivity index (χ1n) is 34.6. The minimum absolute atomic E-state index is 0.00588. The molecule has 36 nitrogen and oxygen atoms in total. The first-order valence-corrected chi connectivity index (χ1v) is 47.1. The van der Waals surface area contributed by atoms with E-state index >= 15 is 0 Å². The molecule has 3 aliphatic rings. The SMILES string of the molecule is CCN1\C(=C/C=C/C=C/C2=[N+](CCCCCC(=O)NCCOCCOCCNC(=O)OCCC(C)(C)SSCOCCCCOC(=O)NC#Cc3cn([C@H]4CC(OCSSC)[C@@H](COP(=O)(O)OP(=O)(O)OP(=O)(O)O)O4)c4nc(N)[nH]c(=O)c34)c3ccc(S(=O)(=O)O)cc3C2(C)C)C(C)(C)c2cc(S(=O)(=O)O)ccc21. The number of carbonyl (C=O) groups is 3. The number of rotatable bonds is 45. The number of nitrogen functional groups attached to an aromatic ring is 1. The number of nitrogens with one attached hydrogen (secondary N) is 4. The number of carbonyl (C=O) groups excluding carboxylic acids is 3. The molecule has 3 aliphatic heterocycles. The van der Waals surface area contributed by atoms with Crippen LogP contribution in [0.4, 0.5) is 26.9 Å². The van der Waals surface area contributed by atoms with E-state index in [4.69, 9.17) is 53.2 Å². The molecule has 1 saturated heterocycles. The molecule has 5 atom stereocenters. The maximum absolute atomic E-state index is 13.2. The van der Waals surface area contributed by atoms with E-state index in [0.717, 1.165) is 46.8 Å². The monoisotopic (exact) mass is 1730 g/mol. The lowest BCUT2D eigenvalue weighted by molar-refractivity contribution is -0.438. The molecular formula is C66H95N9O27P3S6+. The molecule has 45 heteroatoms. The van der Waals surface area contributed by atoms with Crippen LogP contribution >= 0.6 is 66.6 Å². The number of hydrogen-bond donors (Lipinski definition) is 11. The highest BCUT2D eigenvalue weighted by atomic mass is 33.1. The van der Waals surface area contributed by atoms with Gasteiger partial charge in [-0.3, -0.25) is 28.2 Å². The molecule has 0 saturated carbocycles. The van der Waals surface area contributed by atoms with Crippen LogP contribution in [-0.4, -0.2) is 203 Å². The van der Waals surface area contributed by atoms with Crippen molar-refractivity contribution in [3.63, 3.8) is 0 Å². The van der Waals surface area contributed by atoms with Crippen LogP contribution in [0.2, 0.25) is 0 Å². The van der Waals surface area contributed by atoms with Gasteiger partial charge in [0.2, 0.25) is 17.5 Å². The third kappa shape index (κ3) is 28.4. The highest BCUT2D eigenvalue weighted by molar-refractivity contribution is 8.77. The van der Waals surface area contributed by atoms with Crippen molar-refractivity contribution >= 4 is 139 Å². The number of aromatic amines is 1. The predicted octanol–water partition coefficient (Wildman–Crippen LogP) is 9.45. The molecule has 0 radical (unpaired) electrons. The number of unbranched alkanes of at least 4 members (excludes halogenated alkanes) is 3. The number of phosphoric ester groups is 1. The fourth-order valence-electron chi connectivity index (χ4n) is 11.9. The van der Waals surface area contributed by atoms with E-state index in [9.17, 15) is 68.6 Å². The van der Waals surface area contributed by atoms with Gasteiger partial charge in [-0.05, 0) is 121 Å². The summed E-state index contributed by atoms with van der Waals surface area (Å²) in [6.45, 7) is 16.6. The Bertz CT molecular complexity index is 4580. The smallest absolute Gasteiger partial charge is 0.450 e. The van der Waals surface area contributed by atoms with Crippen LogP contribution in [0.5, 0.6) is 0 Å². The molecule has 2 aromatic carbocycles. The number of anilines is 2. The maximum Gasteiger partial charge on any atom is 0.490 e. The van der Waals surface area contributed by atoms with Crippen molar-refractivity contribution in [3.8, 4) is 12.0 Å². The van der Waals surface area contributed by atoms with E-state index in [2.05, 4.69) is 56.0 Å². The van der Waals surface area contributed by atoms with Crippen molar-refractivity contribution in [2.24, 2.45) is 0 Å². The number of fused-ring (bicyclic) bond motifs is 3. The second kappa shape index (κ2) is 41.8. The molecule has 3 unspecified atom stereocenters. The summed E-state index contributed by atoms with van der Waals surface area (Å²) in [4.78, 5) is 96.4. The summed E-state index contributed by atoms with van der Waals surface area (Å²) in [5.74, 6) is 2.77. The van der Waals surface area contributed by atoms with Crippen LogP contribution in [-0.2, 0) is 95.9 Å². The number of ether oxygens (including phenoxy) is 7. The summed E-state index contributed by atoms with van der Waals surface area (Å²) in [6.07, 6.45) is 12.3. The number of amides is 3. The molecular weight excluding hydrogens is 1640 g/mol. The summed E-state index contributed by atoms with van der Waals surface area (Å²) in [7, 11) is -20.1. The van der Waals surface area contributed by atoms with Gasteiger partial charge >= 0.3 is 35.7 Å². The van der Waals surface area contributed by atoms with E-state index in [-0.39, 0.29) is 102 Å². The largest absolute Gasteiger partial charge is 0.490 e. The van der Waals surface area contributed by atoms with Crippen molar-refractivity contribution in [3.05, 3.63) is 106 Å². The molecule has 616 valence electrons. The van der Waals surface area contributed by atoms with Gasteiger partial charge in [-0.1, -0.05) is 75.3 Å². The zero-order valence-electron chi connectivity index (χ0n) is 62.1. The zero-order valence-corrected chi connectivity index (χ0v) is 69.7. The Morgan fingerprint density at radius 1 is 0.811 bits per heavy atom. The molecule has 12 N–H and O–H groups in total. The van der Waals surface area contributed by atoms with E-state index in [1.165, 1.54) is 67.4 Å². The molecule has 0 spiro atoms. The quantitative estimate of drug-likeness (QED) is 0.00226. The fraction of sp³-hybridized carbons (Fsp3) is 0.545. The Hall–Kier alpha value is -5.65. The van der Waals surface area contributed by atoms with Gasteiger partial charge in [-0.2, -0.15) is 35.0 Å². The zero-order chi connectivity index (χ0) is 81.6. The standard InChI is InChI=1S/C66H94N9O27P3S6/c1-9-73-50-23-21-46(110(87,88)89)38-48(50)65(4,5)54(73)18-12-10-13-19-55-66(6,7)49-39-47(111(90,91)92)22-24-51(49)74(55)30-15-11-14-20-56(76)68-28-34-93-36-37-94-35-29-70-63(79)97-33-26-64(2,3)109-108-43-95-31-16-17-32-96-62(78)69-27-25-45-41-75(59-58(45)60(77)72-61(67)71-59)57-40-52(98-44-107-106-8)53(100-57)42-99-104(83,84)102-105(85,86)101-103(80,81)82/h10,12-13,18-19,21-24,38-39,41,52-53,57H,9,11,14-17,20,26,28-37,40,42-44H2,1-8H3,(H11-,67,68,69,70,71,72,76,77,78,79,80,81,82,83,84,85,86,87,88,89,90,91,92)/p+1/t52?,53-,57-/m1/s1. The Morgan fingerprint density at radius 3 is 2.17 bits per heavy atom. The maximum atomic E-state index is 13.2. The van der Waals surface area contributed by atoms with Crippen molar-refractivity contribution in [2.75, 3.05) is 108 Å². The van der Waals surface area contributed by atoms with Gasteiger partial charge in [0, 0.05) is 97.0 Å². The summed E-state index contributed by atoms with van der Waals surface area (Å²) < 4.78 is 159. The van der Waals surface area contributed by atoms with E-state index in [1.807, 2.05) is 78.8 Å². The lowest BCUT2D eigenvalue weighted by atomic mass is 9.81. The average Bonchev–Trinajstić information content (AvgIpc) is 1.60. The minimum Gasteiger partial charge on any atom is -0.450 e. The van der Waals surface area contributed by atoms with E-state index < -0.39 is 97.3 Å². The Labute approximate surface area is 659 Å². The van der Waals surface area contributed by atoms with Gasteiger partial charge in [-0.15, -0.1) is 0 Å². The third-order valence-corrected chi connectivity index (χ3v) is 27.2. The molecule has 7 rings (SSSR count). The molecule has 4 aromatic rings. The van der Waals surface area contributed by atoms with Crippen LogP contribution < -0.4 is 32.1 Å². The van der Waals surface area contributed by atoms with Crippen LogP contribution in [0.3, 0.4) is 0 Å². The number of benzene rings is 2. The lowest BCUT2D eigenvalue weighted by Gasteiger charge is -2.25. The molecule has 0 bridgehead atoms. The predicted molar refractivity (Wildman–Crippen MR) is 419 cm³/mol. The molecule has 111 heavy (non-hydrogen) atoms. The average molecular weight is 1730 g/mol. The van der Waals surface area contributed by atoms with Gasteiger partial charge in [0.25, 0.3) is 25.8 Å². The molecule has 3 amide bonds. The number of aromatic nitrogens is 3. The first-order chi connectivity index (χ1) is 52.2. The number of nitrogens with zero attached hydrogens (tertiary/aromatic N) is 4. The molecule has 2 aromatic heterocycles. The van der Waals surface area contributed by atoms with Gasteiger partial charge in [0.05, 0.1) is 73.1 Å². The van der Waals surface area contributed by atoms with E-state index in [0.29, 0.717) is 64.3 Å². The topological polar surface area (TPSA) is 503 Å². The summed E-state index contributed by atoms with van der Waals surface area (Å²) >= 11 is 0. The van der Waals surface area contributed by atoms with Gasteiger partial charge < -0.3 is 78.6 Å². The normalized spacial score (nSPS) is 18.5. The summed E-state index contributed by atoms with van der Waals surface area (Å²) in [5.41, 5.74) is 9.05. The number of likely N-dealkylation sites (N-methyl/N-ethyl adjacent to an activating group) is 1. The number of alkyl carbamates (subject to hydrolysis) is 2. The Morgan fingerprint density at radius 2 is 1.49 bits per heavy atom. The lowest BCUT2D eigenvalue weighted by Crippen LogP contribution is -2.30. The minimum atomic E-state index is -5.80. The fourth-order valence-corrected chi connectivity index (χ4v) is 19.0. The molecule has 5 heterocycles. The van der Waals surface area contributed by atoms with E-state index in [1.54, 1.807) is 29.2 Å². The van der Waals surface area contributed by atoms with Gasteiger partial charge in [0.1, 0.15) is 36.1 Å². The highest BCUT2D eigenvalue weighted by Gasteiger charge is 2.47. The van der Waals surface area contributed by atoms with Crippen molar-refractivity contribution in [1.82, 2.24) is 30.5 Å². The number of hydrogen-bond acceptors (Lipinski definition) is 28. The van der Waals surface area contributed by atoms with Crippen LogP contribution in [0, 0.1) is 12.0 Å². The van der Waals surface area contributed by atoms with Crippen molar-refractivity contribution in [1.29, 1.82) is 0 Å². The van der Waals surface area contributed by atoms with Crippen molar-refractivity contribution < 1.29 is 124 Å². The molecule has 0 aliphatic carbocycles. The second-order valence-electron chi connectivity index (χ2n) is 26.5. The number of nitrogens with two attached hydrogens (primary N) is 1. The summed E-state index contributed by atoms with van der Waals surface area (Å²) in [5, 5.41) is 7.78. The number of phosphoric acid groups is 3. The Balaban J connectivity index is 0.707. The highest BCUT2D eigenvalue weighted by Crippen LogP contribution is 2.66. The Kier molecular flexibility index (Phi) is 34.8. The van der Waals surface area contributed by atoms with Crippen LogP contribution in [0.1, 0.15) is 123 Å². The van der Waals surface area contributed by atoms with Crippen molar-refractivity contribution in [2.45, 2.75) is 144 Å². The number of allylic oxidation sites excluding steroid dienone is 6. The van der Waals surface area contributed by atoms with Gasteiger partial charge in [0.15, 0.2) is 11.4 Å². The molecule has 1 fully saturated rings. The second-order valence-corrected chi connectivity index (χ2v) is 39.2. The number of H-pyrrole nitrogens is 1. The third-order valence-electron chi connectivity index (χ3n) is 17.2. The summed E-state index contributed by atoms with van der Waals surface area (Å²) in [6, 6.07) is 11.7. The van der Waals surface area contributed by atoms with Crippen LogP contribution in [0.25, 0.3) is 11.0 Å². The van der Waals surface area contributed by atoms with Crippen LogP contribution in [0.15, 0.2) is 93.3 Å². The van der Waals surface area contributed by atoms with Gasteiger partial charge in [-0.25, -0.2) is 28.6 Å².